The maximum atomic E-state index is 14.5. The second-order valence-corrected chi connectivity index (χ2v) is 11.9. The lowest BCUT2D eigenvalue weighted by Crippen LogP contribution is -2.56. The van der Waals surface area contributed by atoms with Gasteiger partial charge in [0, 0.05) is 36.6 Å². The number of aromatic nitrogens is 4. The number of nitrogens with zero attached hydrogens (tertiary/aromatic N) is 6. The second kappa shape index (κ2) is 12.1. The van der Waals surface area contributed by atoms with E-state index < -0.39 is 28.7 Å². The maximum Gasteiger partial charge on any atom is 0.333 e. The van der Waals surface area contributed by atoms with E-state index in [1.807, 2.05) is 6.07 Å². The second-order valence-electron chi connectivity index (χ2n) is 10.9. The Labute approximate surface area is 251 Å². The molecule has 0 N–H and O–H groups in total. The summed E-state index contributed by atoms with van der Waals surface area (Å²) >= 11 is 1.21. The highest BCUT2D eigenvalue weighted by Gasteiger charge is 2.39. The Morgan fingerprint density at radius 1 is 1.26 bits per heavy atom. The summed E-state index contributed by atoms with van der Waals surface area (Å²) in [7, 11) is 1.44. The molecule has 1 saturated heterocycles. The van der Waals surface area contributed by atoms with Gasteiger partial charge in [0.25, 0.3) is 5.56 Å². The minimum absolute atomic E-state index is 0.0132. The van der Waals surface area contributed by atoms with Crippen LogP contribution in [0.15, 0.2) is 46.2 Å². The number of methoxy groups -OCH3 is 1. The summed E-state index contributed by atoms with van der Waals surface area (Å²) in [5, 5.41) is 14.4. The average Bonchev–Trinajstić information content (AvgIpc) is 3.76. The summed E-state index contributed by atoms with van der Waals surface area (Å²) in [6.45, 7) is 5.93. The molecule has 0 spiro atoms. The van der Waals surface area contributed by atoms with Crippen LogP contribution in [0.5, 0.6) is 5.75 Å². The van der Waals surface area contributed by atoms with Crippen LogP contribution in [0.1, 0.15) is 50.3 Å². The van der Waals surface area contributed by atoms with E-state index in [-0.39, 0.29) is 30.9 Å². The van der Waals surface area contributed by atoms with Gasteiger partial charge in [-0.25, -0.2) is 18.4 Å². The fourth-order valence-corrected chi connectivity index (χ4v) is 6.85. The number of carbonyl (C=O) groups is 1. The molecule has 43 heavy (non-hydrogen) atoms. The van der Waals surface area contributed by atoms with Crippen molar-refractivity contribution in [1.29, 1.82) is 5.26 Å². The van der Waals surface area contributed by atoms with Gasteiger partial charge in [-0.1, -0.05) is 11.3 Å². The summed E-state index contributed by atoms with van der Waals surface area (Å²) in [5.74, 6) is -0.508. The minimum Gasteiger partial charge on any atom is -0.496 e. The van der Waals surface area contributed by atoms with Crippen LogP contribution in [0.3, 0.4) is 0 Å². The summed E-state index contributed by atoms with van der Waals surface area (Å²) < 4.78 is 30.1. The van der Waals surface area contributed by atoms with Crippen molar-refractivity contribution in [1.82, 2.24) is 23.8 Å². The zero-order valence-electron chi connectivity index (χ0n) is 24.5. The molecule has 1 fully saturated rings. The Kier molecular flexibility index (Phi) is 8.52. The summed E-state index contributed by atoms with van der Waals surface area (Å²) in [4.78, 5) is 44.4. The molecule has 11 nitrogen and oxygen atoms in total. The van der Waals surface area contributed by atoms with E-state index in [2.05, 4.69) is 5.10 Å². The molecular weight excluding hydrogens is 575 g/mol. The van der Waals surface area contributed by atoms with Crippen LogP contribution in [-0.4, -0.2) is 56.5 Å². The number of nitriles is 1. The topological polar surface area (TPSA) is 124 Å². The fraction of sp³-hybridized carbons (Fsp3) is 0.433. The van der Waals surface area contributed by atoms with E-state index in [9.17, 15) is 18.8 Å². The zero-order chi connectivity index (χ0) is 30.9. The standard InChI is InChI=1S/C30H33FN6O5S/c1-19-24-25(38)37(30(2,3)28(39)34-13-5-6-14-34)29(40)35(27(24)43-26(19)36-15-8-12-33-36)18-23(42-16-7-11-32)21-17-20(31)9-10-22(21)41-4/h8-10,12,15,17,23H,5-7,13-14,16,18H2,1-4H3/t23-/m0/s1. The first-order chi connectivity index (χ1) is 20.6. The average molecular weight is 609 g/mol. The number of hydrogen-bond donors (Lipinski definition) is 0. The van der Waals surface area contributed by atoms with Gasteiger partial charge in [-0.05, 0) is 57.9 Å². The van der Waals surface area contributed by atoms with Crippen LogP contribution in [0.2, 0.25) is 0 Å². The Morgan fingerprint density at radius 2 is 2.00 bits per heavy atom. The monoisotopic (exact) mass is 608 g/mol. The Bertz CT molecular complexity index is 1810. The molecule has 1 aromatic carbocycles. The third-order valence-corrected chi connectivity index (χ3v) is 9.10. The third-order valence-electron chi connectivity index (χ3n) is 7.80. The number of thiophene rings is 1. The van der Waals surface area contributed by atoms with Crippen LogP contribution < -0.4 is 16.0 Å². The number of halogens is 1. The lowest BCUT2D eigenvalue weighted by molar-refractivity contribution is -0.138. The molecule has 1 aliphatic heterocycles. The predicted molar refractivity (Wildman–Crippen MR) is 159 cm³/mol. The Morgan fingerprint density at radius 3 is 2.65 bits per heavy atom. The van der Waals surface area contributed by atoms with Crippen LogP contribution >= 0.6 is 11.3 Å². The van der Waals surface area contributed by atoms with Crippen molar-refractivity contribution in [2.24, 2.45) is 0 Å². The molecule has 13 heteroatoms. The SMILES string of the molecule is COc1ccc(F)cc1[C@H](Cn1c(=O)n(C(C)(C)C(=O)N2CCCC2)c(=O)c2c(C)c(-n3cccn3)sc21)OCCC#N. The first-order valence-electron chi connectivity index (χ1n) is 14.0. The number of likely N-dealkylation sites (tertiary alicyclic amines) is 1. The van der Waals surface area contributed by atoms with Gasteiger partial charge >= 0.3 is 5.69 Å². The number of benzene rings is 1. The molecule has 1 atom stereocenters. The number of fused-ring (bicyclic) bond motifs is 1. The lowest BCUT2D eigenvalue weighted by atomic mass is 10.0. The van der Waals surface area contributed by atoms with E-state index in [0.717, 1.165) is 17.4 Å². The van der Waals surface area contributed by atoms with Crippen LogP contribution in [0.25, 0.3) is 15.2 Å². The number of rotatable bonds is 10. The van der Waals surface area contributed by atoms with Gasteiger partial charge in [0.2, 0.25) is 5.91 Å². The highest BCUT2D eigenvalue weighted by Crippen LogP contribution is 2.35. The first kappa shape index (κ1) is 30.2. The van der Waals surface area contributed by atoms with E-state index >= 15 is 0 Å². The predicted octanol–water partition coefficient (Wildman–Crippen LogP) is 3.90. The smallest absolute Gasteiger partial charge is 0.333 e. The highest BCUT2D eigenvalue weighted by atomic mass is 32.1. The van der Waals surface area contributed by atoms with Crippen LogP contribution in [0.4, 0.5) is 4.39 Å². The number of amides is 1. The van der Waals surface area contributed by atoms with Crippen LogP contribution in [0, 0.1) is 24.1 Å². The summed E-state index contributed by atoms with van der Waals surface area (Å²) in [6, 6.07) is 7.77. The number of hydrogen-bond acceptors (Lipinski definition) is 8. The quantitative estimate of drug-likeness (QED) is 0.250. The van der Waals surface area contributed by atoms with E-state index in [4.69, 9.17) is 14.7 Å². The van der Waals surface area contributed by atoms with Gasteiger partial charge in [-0.3, -0.25) is 14.2 Å². The molecular formula is C30H33FN6O5S. The molecule has 0 unspecified atom stereocenters. The molecule has 0 aliphatic carbocycles. The van der Waals surface area contributed by atoms with Crippen molar-refractivity contribution in [2.75, 3.05) is 26.8 Å². The van der Waals surface area contributed by atoms with Gasteiger partial charge in [-0.15, -0.1) is 0 Å². The molecule has 0 bridgehead atoms. The normalized spacial score (nSPS) is 14.3. The molecule has 4 aromatic rings. The molecule has 226 valence electrons. The van der Waals surface area contributed by atoms with Crippen molar-refractivity contribution < 1.29 is 18.7 Å². The largest absolute Gasteiger partial charge is 0.496 e. The van der Waals surface area contributed by atoms with E-state index in [1.54, 1.807) is 48.8 Å². The van der Waals surface area contributed by atoms with E-state index in [1.165, 1.54) is 41.2 Å². The van der Waals surface area contributed by atoms with Gasteiger partial charge in [0.05, 0.1) is 38.1 Å². The molecule has 0 radical (unpaired) electrons. The summed E-state index contributed by atoms with van der Waals surface area (Å²) in [5.41, 5.74) is -1.83. The maximum absolute atomic E-state index is 14.5. The third kappa shape index (κ3) is 5.48. The fourth-order valence-electron chi connectivity index (χ4n) is 5.61. The van der Waals surface area contributed by atoms with Crippen molar-refractivity contribution >= 4 is 27.5 Å². The van der Waals surface area contributed by atoms with Gasteiger partial charge in [-0.2, -0.15) is 10.4 Å². The molecule has 3 aromatic heterocycles. The highest BCUT2D eigenvalue weighted by molar-refractivity contribution is 7.21. The molecule has 5 rings (SSSR count). The van der Waals surface area contributed by atoms with Crippen molar-refractivity contribution in [3.05, 3.63) is 74.4 Å². The Balaban J connectivity index is 1.76. The number of aryl methyl sites for hydroxylation is 1. The molecule has 1 aliphatic rings. The van der Waals surface area contributed by atoms with Crippen molar-refractivity contribution in [2.45, 2.75) is 58.2 Å². The van der Waals surface area contributed by atoms with Crippen molar-refractivity contribution in [3.63, 3.8) is 0 Å². The molecule has 1 amide bonds. The Hall–Kier alpha value is -4.28. The zero-order valence-corrected chi connectivity index (χ0v) is 25.3. The van der Waals surface area contributed by atoms with Gasteiger partial charge in [0.1, 0.15) is 33.0 Å². The first-order valence-corrected chi connectivity index (χ1v) is 14.8. The van der Waals surface area contributed by atoms with Gasteiger partial charge < -0.3 is 14.4 Å². The molecule has 4 heterocycles. The minimum atomic E-state index is -1.50. The molecule has 0 saturated carbocycles. The number of carbonyl (C=O) groups excluding carboxylic acids is 1. The van der Waals surface area contributed by atoms with Crippen molar-refractivity contribution in [3.8, 4) is 16.8 Å². The lowest BCUT2D eigenvalue weighted by Gasteiger charge is -2.31. The number of ether oxygens (including phenoxy) is 2. The van der Waals surface area contributed by atoms with Gasteiger partial charge in [0.15, 0.2) is 0 Å². The van der Waals surface area contributed by atoms with E-state index in [0.29, 0.717) is 39.8 Å². The van der Waals surface area contributed by atoms with Crippen LogP contribution in [-0.2, 0) is 21.6 Å². The summed E-state index contributed by atoms with van der Waals surface area (Å²) in [6.07, 6.45) is 4.20.